The van der Waals surface area contributed by atoms with Crippen molar-refractivity contribution in [3.8, 4) is 0 Å². The fourth-order valence-electron chi connectivity index (χ4n) is 3.28. The Morgan fingerprint density at radius 1 is 1.15 bits per heavy atom. The molecule has 106 valence electrons. The van der Waals surface area contributed by atoms with Crippen molar-refractivity contribution in [1.82, 2.24) is 0 Å². The van der Waals surface area contributed by atoms with Crippen LogP contribution >= 0.6 is 0 Å². The predicted molar refractivity (Wildman–Crippen MR) is 68.6 cm³/mol. The monoisotopic (exact) mass is 280 g/mol. The quantitative estimate of drug-likeness (QED) is 0.633. The molecule has 2 N–H and O–H groups in total. The topological polar surface area (TPSA) is 63.4 Å². The highest BCUT2D eigenvalue weighted by Crippen LogP contribution is 2.45. The molecule has 2 unspecified atom stereocenters. The molecule has 1 aromatic carbocycles. The molecule has 0 aromatic heterocycles. The number of benzene rings is 1. The number of imide groups is 1. The zero-order valence-electron chi connectivity index (χ0n) is 10.9. The van der Waals surface area contributed by atoms with Crippen LogP contribution in [0.1, 0.15) is 19.8 Å². The Labute approximate surface area is 114 Å². The summed E-state index contributed by atoms with van der Waals surface area (Å²) in [6.07, 6.45) is 1.20. The van der Waals surface area contributed by atoms with E-state index in [1.54, 1.807) is 0 Å². The molecule has 4 nitrogen and oxygen atoms in total. The van der Waals surface area contributed by atoms with Gasteiger partial charge in [0.2, 0.25) is 11.8 Å². The van der Waals surface area contributed by atoms with Crippen LogP contribution in [0, 0.1) is 29.4 Å². The van der Waals surface area contributed by atoms with Gasteiger partial charge in [-0.1, -0.05) is 6.92 Å². The molecular weight excluding hydrogens is 266 g/mol. The number of nitrogens with zero attached hydrogens (tertiary/aromatic N) is 1. The van der Waals surface area contributed by atoms with Gasteiger partial charge >= 0.3 is 0 Å². The molecule has 2 amide bonds. The van der Waals surface area contributed by atoms with Crippen molar-refractivity contribution in [2.45, 2.75) is 19.8 Å². The number of amides is 2. The van der Waals surface area contributed by atoms with Crippen molar-refractivity contribution in [2.24, 2.45) is 17.8 Å². The number of anilines is 2. The summed E-state index contributed by atoms with van der Waals surface area (Å²) in [5.74, 6) is -3.89. The fraction of sp³-hybridized carbons (Fsp3) is 0.429. The van der Waals surface area contributed by atoms with Gasteiger partial charge < -0.3 is 5.73 Å². The van der Waals surface area contributed by atoms with Crippen LogP contribution in [0.25, 0.3) is 0 Å². The van der Waals surface area contributed by atoms with Gasteiger partial charge in [0, 0.05) is 0 Å². The molecule has 3 rings (SSSR count). The van der Waals surface area contributed by atoms with E-state index in [0.717, 1.165) is 17.0 Å². The number of rotatable bonds is 1. The highest BCUT2D eigenvalue weighted by atomic mass is 19.2. The molecule has 1 aliphatic carbocycles. The zero-order chi connectivity index (χ0) is 14.6. The molecule has 6 heteroatoms. The lowest BCUT2D eigenvalue weighted by atomic mass is 10.00. The molecule has 20 heavy (non-hydrogen) atoms. The number of hydrogen-bond acceptors (Lipinski definition) is 3. The summed E-state index contributed by atoms with van der Waals surface area (Å²) >= 11 is 0. The second kappa shape index (κ2) is 4.26. The van der Waals surface area contributed by atoms with Crippen LogP contribution in [0.4, 0.5) is 20.2 Å². The Bertz CT molecular complexity index is 593. The maximum absolute atomic E-state index is 13.9. The van der Waals surface area contributed by atoms with E-state index in [0.29, 0.717) is 12.8 Å². The van der Waals surface area contributed by atoms with Crippen LogP contribution in [0.15, 0.2) is 12.1 Å². The van der Waals surface area contributed by atoms with Crippen LogP contribution in [-0.4, -0.2) is 11.8 Å². The maximum atomic E-state index is 13.9. The van der Waals surface area contributed by atoms with Crippen molar-refractivity contribution in [3.05, 3.63) is 23.8 Å². The second-order valence-electron chi connectivity index (χ2n) is 5.60. The summed E-state index contributed by atoms with van der Waals surface area (Å²) in [6, 6.07) is 2.03. The normalized spacial score (nSPS) is 29.1. The molecule has 0 spiro atoms. The Balaban J connectivity index is 2.07. The van der Waals surface area contributed by atoms with Gasteiger partial charge in [-0.3, -0.25) is 9.59 Å². The van der Waals surface area contributed by atoms with Crippen molar-refractivity contribution in [1.29, 1.82) is 0 Å². The van der Waals surface area contributed by atoms with Crippen LogP contribution < -0.4 is 10.6 Å². The van der Waals surface area contributed by atoms with E-state index in [1.807, 2.05) is 6.92 Å². The van der Waals surface area contributed by atoms with Gasteiger partial charge in [0.15, 0.2) is 11.6 Å². The standard InChI is InChI=1S/C14H14F2N2O2/c1-6-4-7-8(5-6)14(20)18(13(7)19)12-10(17)3-2-9(15)11(12)16/h2-3,6-8H,4-5,17H2,1H3. The first-order valence-electron chi connectivity index (χ1n) is 6.53. The summed E-state index contributed by atoms with van der Waals surface area (Å²) < 4.78 is 27.3. The average Bonchev–Trinajstić information content (AvgIpc) is 2.88. The summed E-state index contributed by atoms with van der Waals surface area (Å²) in [4.78, 5) is 25.4. The van der Waals surface area contributed by atoms with E-state index in [4.69, 9.17) is 5.73 Å². The Morgan fingerprint density at radius 2 is 1.70 bits per heavy atom. The second-order valence-corrected chi connectivity index (χ2v) is 5.60. The lowest BCUT2D eigenvalue weighted by Gasteiger charge is -2.19. The number of hydrogen-bond donors (Lipinski definition) is 1. The average molecular weight is 280 g/mol. The zero-order valence-corrected chi connectivity index (χ0v) is 10.9. The Kier molecular flexibility index (Phi) is 2.77. The van der Waals surface area contributed by atoms with Crippen LogP contribution in [0.3, 0.4) is 0 Å². The van der Waals surface area contributed by atoms with E-state index in [1.165, 1.54) is 0 Å². The molecule has 1 saturated heterocycles. The minimum Gasteiger partial charge on any atom is -0.397 e. The van der Waals surface area contributed by atoms with Gasteiger partial charge in [-0.2, -0.15) is 0 Å². The fourth-order valence-corrected chi connectivity index (χ4v) is 3.28. The van der Waals surface area contributed by atoms with E-state index in [2.05, 4.69) is 0 Å². The molecule has 2 fully saturated rings. The maximum Gasteiger partial charge on any atom is 0.237 e. The van der Waals surface area contributed by atoms with Crippen molar-refractivity contribution in [3.63, 3.8) is 0 Å². The lowest BCUT2D eigenvalue weighted by molar-refractivity contribution is -0.123. The molecule has 1 aliphatic heterocycles. The molecule has 0 radical (unpaired) electrons. The van der Waals surface area contributed by atoms with Crippen molar-refractivity contribution < 1.29 is 18.4 Å². The molecule has 1 heterocycles. The van der Waals surface area contributed by atoms with E-state index in [9.17, 15) is 18.4 Å². The third-order valence-corrected chi connectivity index (χ3v) is 4.20. The van der Waals surface area contributed by atoms with Gasteiger partial charge in [-0.05, 0) is 30.9 Å². The van der Waals surface area contributed by atoms with Crippen LogP contribution in [0.5, 0.6) is 0 Å². The number of nitrogen functional groups attached to an aromatic ring is 1. The Hall–Kier alpha value is -1.98. The Morgan fingerprint density at radius 3 is 2.25 bits per heavy atom. The van der Waals surface area contributed by atoms with E-state index in [-0.39, 0.29) is 11.6 Å². The number of carbonyl (C=O) groups is 2. The number of nitrogens with two attached hydrogens (primary N) is 1. The summed E-state index contributed by atoms with van der Waals surface area (Å²) in [5, 5.41) is 0. The lowest BCUT2D eigenvalue weighted by Crippen LogP contribution is -2.33. The molecule has 2 atom stereocenters. The molecule has 0 bridgehead atoms. The first-order chi connectivity index (χ1) is 9.41. The highest BCUT2D eigenvalue weighted by Gasteiger charge is 2.53. The molecule has 2 aliphatic rings. The smallest absolute Gasteiger partial charge is 0.237 e. The largest absolute Gasteiger partial charge is 0.397 e. The first kappa shape index (κ1) is 13.0. The molecule has 1 saturated carbocycles. The number of carbonyl (C=O) groups excluding carboxylic acids is 2. The number of halogens is 2. The van der Waals surface area contributed by atoms with Gasteiger partial charge in [0.25, 0.3) is 0 Å². The van der Waals surface area contributed by atoms with Crippen molar-refractivity contribution in [2.75, 3.05) is 10.6 Å². The molecule has 1 aromatic rings. The number of fused-ring (bicyclic) bond motifs is 1. The van der Waals surface area contributed by atoms with Crippen molar-refractivity contribution >= 4 is 23.2 Å². The van der Waals surface area contributed by atoms with Gasteiger partial charge in [-0.15, -0.1) is 0 Å². The van der Waals surface area contributed by atoms with Gasteiger partial charge in [-0.25, -0.2) is 13.7 Å². The summed E-state index contributed by atoms with van der Waals surface area (Å²) in [7, 11) is 0. The highest BCUT2D eigenvalue weighted by molar-refractivity contribution is 6.23. The van der Waals surface area contributed by atoms with Crippen LogP contribution in [0.2, 0.25) is 0 Å². The SMILES string of the molecule is CC1CC2C(=O)N(c3c(N)ccc(F)c3F)C(=O)C2C1. The molecular formula is C14H14F2N2O2. The minimum atomic E-state index is -1.25. The van der Waals surface area contributed by atoms with Crippen LogP contribution in [-0.2, 0) is 9.59 Å². The first-order valence-corrected chi connectivity index (χ1v) is 6.53. The summed E-state index contributed by atoms with van der Waals surface area (Å²) in [6.45, 7) is 1.97. The van der Waals surface area contributed by atoms with E-state index < -0.39 is 41.0 Å². The van der Waals surface area contributed by atoms with Gasteiger partial charge in [0.05, 0.1) is 17.5 Å². The minimum absolute atomic E-state index is 0.112. The van der Waals surface area contributed by atoms with E-state index >= 15 is 0 Å². The third kappa shape index (κ3) is 1.63. The van der Waals surface area contributed by atoms with Gasteiger partial charge in [0.1, 0.15) is 5.69 Å². The predicted octanol–water partition coefficient (Wildman–Crippen LogP) is 2.08. The third-order valence-electron chi connectivity index (χ3n) is 4.20. The summed E-state index contributed by atoms with van der Waals surface area (Å²) in [5.41, 5.74) is 5.06.